The molecule has 0 fully saturated rings. The molecule has 1 rings (SSSR count). The minimum Gasteiger partial charge on any atom is -0.478 e. The van der Waals surface area contributed by atoms with Crippen LogP contribution in [-0.2, 0) is 17.6 Å². The first-order chi connectivity index (χ1) is 19.1. The molecular weight excluding hydrogens is 484 g/mol. The molecule has 4 nitrogen and oxygen atoms in total. The first-order valence-corrected chi connectivity index (χ1v) is 16.6. The van der Waals surface area contributed by atoms with Gasteiger partial charge in [0.05, 0.1) is 17.7 Å². The molecule has 0 aliphatic carbocycles. The topological polar surface area (TPSA) is 63.6 Å². The van der Waals surface area contributed by atoms with Crippen molar-refractivity contribution in [2.24, 2.45) is 0 Å². The molecule has 4 heteroatoms. The molecule has 0 spiro atoms. The number of unbranched alkanes of at least 4 members (excludes halogenated alkanes) is 18. The standard InChI is InChI=1S/C35H60O4/c1-4-7-10-13-16-19-22-25-30-27-28-32(35(38)39-29-24-21-18-15-12-9-6-3)33(34(36)37)31(30)26-23-20-17-14-11-8-5-2/h27-28H,4-26,29H2,1-3H3,(H,36,37). The van der Waals surface area contributed by atoms with Crippen molar-refractivity contribution in [1.82, 2.24) is 0 Å². The van der Waals surface area contributed by atoms with Gasteiger partial charge in [-0.25, -0.2) is 9.59 Å². The molecule has 224 valence electrons. The van der Waals surface area contributed by atoms with Gasteiger partial charge >= 0.3 is 11.9 Å². The maximum absolute atomic E-state index is 13.0. The highest BCUT2D eigenvalue weighted by Crippen LogP contribution is 2.26. The Morgan fingerprint density at radius 2 is 1.03 bits per heavy atom. The van der Waals surface area contributed by atoms with E-state index in [1.165, 1.54) is 96.3 Å². The van der Waals surface area contributed by atoms with E-state index in [4.69, 9.17) is 4.74 Å². The third-order valence-electron chi connectivity index (χ3n) is 7.90. The van der Waals surface area contributed by atoms with Gasteiger partial charge in [0.25, 0.3) is 0 Å². The monoisotopic (exact) mass is 544 g/mol. The van der Waals surface area contributed by atoms with E-state index in [-0.39, 0.29) is 11.1 Å². The highest BCUT2D eigenvalue weighted by Gasteiger charge is 2.24. The summed E-state index contributed by atoms with van der Waals surface area (Å²) in [6.07, 6.45) is 26.6. The molecule has 0 radical (unpaired) electrons. The lowest BCUT2D eigenvalue weighted by atomic mass is 9.89. The number of benzene rings is 1. The number of aryl methyl sites for hydroxylation is 1. The molecule has 0 aliphatic rings. The van der Waals surface area contributed by atoms with Gasteiger partial charge < -0.3 is 9.84 Å². The number of carboxylic acid groups (broad SMARTS) is 1. The number of carboxylic acids is 1. The van der Waals surface area contributed by atoms with Crippen LogP contribution in [0.1, 0.15) is 187 Å². The quantitative estimate of drug-likeness (QED) is 0.0930. The van der Waals surface area contributed by atoms with Crippen molar-refractivity contribution in [1.29, 1.82) is 0 Å². The predicted octanol–water partition coefficient (Wildman–Crippen LogP) is 10.9. The largest absolute Gasteiger partial charge is 0.478 e. The Bertz CT molecular complexity index is 770. The summed E-state index contributed by atoms with van der Waals surface area (Å²) < 4.78 is 5.57. The van der Waals surface area contributed by atoms with Crippen LogP contribution in [0.15, 0.2) is 12.1 Å². The van der Waals surface area contributed by atoms with Crippen molar-refractivity contribution in [2.45, 2.75) is 168 Å². The van der Waals surface area contributed by atoms with E-state index in [2.05, 4.69) is 20.8 Å². The van der Waals surface area contributed by atoms with E-state index in [0.29, 0.717) is 6.61 Å². The molecule has 0 bridgehead atoms. The number of ether oxygens (including phenoxy) is 1. The van der Waals surface area contributed by atoms with E-state index in [9.17, 15) is 14.7 Å². The molecule has 0 atom stereocenters. The van der Waals surface area contributed by atoms with Gasteiger partial charge in [-0.3, -0.25) is 0 Å². The zero-order valence-electron chi connectivity index (χ0n) is 25.8. The van der Waals surface area contributed by atoms with Crippen LogP contribution in [-0.4, -0.2) is 23.7 Å². The number of carbonyl (C=O) groups excluding carboxylic acids is 1. The maximum atomic E-state index is 13.0. The second kappa shape index (κ2) is 24.0. The highest BCUT2D eigenvalue weighted by atomic mass is 16.5. The Morgan fingerprint density at radius 1 is 0.590 bits per heavy atom. The molecule has 0 unspecified atom stereocenters. The van der Waals surface area contributed by atoms with Crippen LogP contribution in [0.4, 0.5) is 0 Å². The number of hydrogen-bond donors (Lipinski definition) is 1. The van der Waals surface area contributed by atoms with E-state index < -0.39 is 11.9 Å². The summed E-state index contributed by atoms with van der Waals surface area (Å²) in [5, 5.41) is 10.2. The number of rotatable bonds is 26. The van der Waals surface area contributed by atoms with Gasteiger partial charge in [-0.05, 0) is 49.3 Å². The third kappa shape index (κ3) is 16.1. The summed E-state index contributed by atoms with van der Waals surface area (Å²) in [5.41, 5.74) is 2.39. The predicted molar refractivity (Wildman–Crippen MR) is 165 cm³/mol. The van der Waals surface area contributed by atoms with E-state index in [1.807, 2.05) is 6.07 Å². The highest BCUT2D eigenvalue weighted by molar-refractivity contribution is 6.03. The Kier molecular flexibility index (Phi) is 21.7. The fourth-order valence-corrected chi connectivity index (χ4v) is 5.46. The van der Waals surface area contributed by atoms with E-state index in [0.717, 1.165) is 62.5 Å². The molecule has 1 aromatic rings. The fourth-order valence-electron chi connectivity index (χ4n) is 5.46. The van der Waals surface area contributed by atoms with Crippen LogP contribution in [0.5, 0.6) is 0 Å². The Hall–Kier alpha value is -1.84. The van der Waals surface area contributed by atoms with Crippen molar-refractivity contribution in [3.05, 3.63) is 34.4 Å². The molecule has 0 saturated heterocycles. The molecule has 39 heavy (non-hydrogen) atoms. The van der Waals surface area contributed by atoms with Crippen molar-refractivity contribution in [3.8, 4) is 0 Å². The van der Waals surface area contributed by atoms with Gasteiger partial charge in [0.1, 0.15) is 0 Å². The van der Waals surface area contributed by atoms with Gasteiger partial charge in [0.2, 0.25) is 0 Å². The number of carbonyl (C=O) groups is 2. The Morgan fingerprint density at radius 3 is 1.51 bits per heavy atom. The minimum atomic E-state index is -1.00. The summed E-state index contributed by atoms with van der Waals surface area (Å²) in [6, 6.07) is 3.71. The maximum Gasteiger partial charge on any atom is 0.339 e. The van der Waals surface area contributed by atoms with Crippen LogP contribution in [0.3, 0.4) is 0 Å². The summed E-state index contributed by atoms with van der Waals surface area (Å²) >= 11 is 0. The average molecular weight is 545 g/mol. The van der Waals surface area contributed by atoms with E-state index >= 15 is 0 Å². The molecule has 1 aromatic carbocycles. The first kappa shape index (κ1) is 35.2. The molecule has 0 amide bonds. The number of hydrogen-bond acceptors (Lipinski definition) is 3. The smallest absolute Gasteiger partial charge is 0.339 e. The second-order valence-electron chi connectivity index (χ2n) is 11.4. The van der Waals surface area contributed by atoms with Crippen LogP contribution >= 0.6 is 0 Å². The molecule has 0 heterocycles. The van der Waals surface area contributed by atoms with Crippen LogP contribution in [0.25, 0.3) is 0 Å². The van der Waals surface area contributed by atoms with Gasteiger partial charge in [-0.2, -0.15) is 0 Å². The fraction of sp³-hybridized carbons (Fsp3) is 0.771. The lowest BCUT2D eigenvalue weighted by molar-refractivity contribution is 0.0487. The number of aromatic carboxylic acids is 1. The van der Waals surface area contributed by atoms with Gasteiger partial charge in [-0.15, -0.1) is 0 Å². The number of esters is 1. The van der Waals surface area contributed by atoms with Crippen LogP contribution in [0, 0.1) is 0 Å². The molecule has 1 N–H and O–H groups in total. The van der Waals surface area contributed by atoms with Gasteiger partial charge in [0, 0.05) is 0 Å². The summed E-state index contributed by atoms with van der Waals surface area (Å²) in [5.74, 6) is -1.49. The Balaban J connectivity index is 2.82. The van der Waals surface area contributed by atoms with Crippen LogP contribution < -0.4 is 0 Å². The lowest BCUT2D eigenvalue weighted by Gasteiger charge is -2.17. The molecular formula is C35H60O4. The zero-order chi connectivity index (χ0) is 28.6. The van der Waals surface area contributed by atoms with Gasteiger partial charge in [-0.1, -0.05) is 142 Å². The summed E-state index contributed by atoms with van der Waals surface area (Å²) in [4.78, 5) is 25.5. The molecule has 0 saturated carbocycles. The van der Waals surface area contributed by atoms with Crippen molar-refractivity contribution in [2.75, 3.05) is 6.61 Å². The second-order valence-corrected chi connectivity index (χ2v) is 11.4. The van der Waals surface area contributed by atoms with Crippen molar-refractivity contribution < 1.29 is 19.4 Å². The molecule has 0 aliphatic heterocycles. The van der Waals surface area contributed by atoms with Crippen molar-refractivity contribution in [3.63, 3.8) is 0 Å². The first-order valence-electron chi connectivity index (χ1n) is 16.6. The molecule has 0 aromatic heterocycles. The minimum absolute atomic E-state index is 0.186. The van der Waals surface area contributed by atoms with Gasteiger partial charge in [0.15, 0.2) is 0 Å². The average Bonchev–Trinajstić information content (AvgIpc) is 2.93. The SMILES string of the molecule is CCCCCCCCCOC(=O)c1ccc(CCCCCCCCC)c(CCCCCCCCC)c1C(=O)O. The summed E-state index contributed by atoms with van der Waals surface area (Å²) in [6.45, 7) is 7.04. The normalized spacial score (nSPS) is 11.2. The van der Waals surface area contributed by atoms with Crippen LogP contribution in [0.2, 0.25) is 0 Å². The van der Waals surface area contributed by atoms with Crippen molar-refractivity contribution >= 4 is 11.9 Å². The lowest BCUT2D eigenvalue weighted by Crippen LogP contribution is -2.16. The zero-order valence-corrected chi connectivity index (χ0v) is 25.8. The Labute approximate surface area is 240 Å². The van der Waals surface area contributed by atoms with E-state index in [1.54, 1.807) is 6.07 Å². The summed E-state index contributed by atoms with van der Waals surface area (Å²) in [7, 11) is 0. The third-order valence-corrected chi connectivity index (χ3v) is 7.90.